The van der Waals surface area contributed by atoms with Crippen molar-refractivity contribution in [3.05, 3.63) is 15.4 Å². The van der Waals surface area contributed by atoms with Gasteiger partial charge in [0.25, 0.3) is 6.43 Å². The van der Waals surface area contributed by atoms with Gasteiger partial charge >= 0.3 is 0 Å². The minimum Gasteiger partial charge on any atom is -0.486 e. The van der Waals surface area contributed by atoms with Crippen LogP contribution in [-0.2, 0) is 5.54 Å². The summed E-state index contributed by atoms with van der Waals surface area (Å²) in [6.45, 7) is 1.30. The molecule has 0 amide bonds. The molecular formula is C8H10BrF2NOS. The van der Waals surface area contributed by atoms with E-state index in [-0.39, 0.29) is 0 Å². The Morgan fingerprint density at radius 1 is 1.64 bits per heavy atom. The van der Waals surface area contributed by atoms with Crippen LogP contribution >= 0.6 is 27.3 Å². The van der Waals surface area contributed by atoms with E-state index in [1.807, 2.05) is 0 Å². The number of halogens is 3. The number of methoxy groups -OCH3 is 1. The van der Waals surface area contributed by atoms with Crippen molar-refractivity contribution < 1.29 is 13.5 Å². The molecule has 0 aromatic carbocycles. The van der Waals surface area contributed by atoms with Crippen molar-refractivity contribution in [1.29, 1.82) is 0 Å². The average Bonchev–Trinajstić information content (AvgIpc) is 2.47. The number of alkyl halides is 2. The molecule has 1 aromatic heterocycles. The van der Waals surface area contributed by atoms with Crippen LogP contribution in [0.1, 0.15) is 11.8 Å². The van der Waals surface area contributed by atoms with E-state index < -0.39 is 12.0 Å². The molecule has 1 heterocycles. The van der Waals surface area contributed by atoms with Crippen LogP contribution in [0, 0.1) is 0 Å². The third kappa shape index (κ3) is 2.07. The monoisotopic (exact) mass is 285 g/mol. The summed E-state index contributed by atoms with van der Waals surface area (Å²) in [5.41, 5.74) is 3.88. The number of rotatable bonds is 3. The molecule has 0 saturated heterocycles. The van der Waals surface area contributed by atoms with E-state index in [0.29, 0.717) is 14.4 Å². The van der Waals surface area contributed by atoms with E-state index in [0.717, 1.165) is 11.3 Å². The zero-order valence-electron chi connectivity index (χ0n) is 7.68. The highest BCUT2D eigenvalue weighted by molar-refractivity contribution is 9.10. The van der Waals surface area contributed by atoms with Gasteiger partial charge in [-0.15, -0.1) is 11.3 Å². The van der Waals surface area contributed by atoms with Crippen LogP contribution in [0.2, 0.25) is 0 Å². The molecule has 1 unspecified atom stereocenters. The molecule has 0 aliphatic rings. The SMILES string of the molecule is COc1sc(C(C)(N)C(F)F)cc1Br. The van der Waals surface area contributed by atoms with Gasteiger partial charge in [0.15, 0.2) is 5.06 Å². The van der Waals surface area contributed by atoms with Gasteiger partial charge in [-0.25, -0.2) is 8.78 Å². The van der Waals surface area contributed by atoms with E-state index in [1.165, 1.54) is 14.0 Å². The largest absolute Gasteiger partial charge is 0.486 e. The Balaban J connectivity index is 3.07. The Kier molecular flexibility index (Phi) is 3.49. The first-order valence-corrected chi connectivity index (χ1v) is 5.41. The number of ether oxygens (including phenoxy) is 1. The molecular weight excluding hydrogens is 276 g/mol. The molecule has 0 aliphatic heterocycles. The van der Waals surface area contributed by atoms with Crippen molar-refractivity contribution in [3.63, 3.8) is 0 Å². The predicted molar refractivity (Wildman–Crippen MR) is 56.1 cm³/mol. The maximum Gasteiger partial charge on any atom is 0.260 e. The Labute approximate surface area is 93.2 Å². The lowest BCUT2D eigenvalue weighted by Gasteiger charge is -2.21. The minimum absolute atomic E-state index is 0.399. The Morgan fingerprint density at radius 2 is 2.21 bits per heavy atom. The quantitative estimate of drug-likeness (QED) is 0.927. The maximum absolute atomic E-state index is 12.6. The van der Waals surface area contributed by atoms with E-state index in [2.05, 4.69) is 15.9 Å². The van der Waals surface area contributed by atoms with E-state index in [9.17, 15) is 8.78 Å². The second kappa shape index (κ2) is 4.12. The number of thiophene rings is 1. The molecule has 0 radical (unpaired) electrons. The van der Waals surface area contributed by atoms with Crippen molar-refractivity contribution in [2.24, 2.45) is 5.73 Å². The van der Waals surface area contributed by atoms with Gasteiger partial charge in [0, 0.05) is 4.88 Å². The summed E-state index contributed by atoms with van der Waals surface area (Å²) in [6.07, 6.45) is -2.60. The third-order valence-corrected chi connectivity index (χ3v) is 4.03. The summed E-state index contributed by atoms with van der Waals surface area (Å²) in [5, 5.41) is 0.553. The van der Waals surface area contributed by atoms with Gasteiger partial charge in [-0.05, 0) is 28.9 Å². The highest BCUT2D eigenvalue weighted by Gasteiger charge is 2.34. The summed E-state index contributed by atoms with van der Waals surface area (Å²) in [7, 11) is 1.48. The lowest BCUT2D eigenvalue weighted by molar-refractivity contribution is 0.0644. The normalized spacial score (nSPS) is 15.6. The maximum atomic E-state index is 12.6. The van der Waals surface area contributed by atoms with Crippen molar-refractivity contribution in [2.45, 2.75) is 18.9 Å². The van der Waals surface area contributed by atoms with Crippen LogP contribution in [0.5, 0.6) is 5.06 Å². The number of nitrogens with two attached hydrogens (primary N) is 1. The molecule has 0 fully saturated rings. The Bertz CT molecular complexity index is 327. The standard InChI is InChI=1S/C8H10BrF2NOS/c1-8(12,7(10)11)5-3-4(9)6(13-2)14-5/h3,7H,12H2,1-2H3. The fourth-order valence-electron chi connectivity index (χ4n) is 0.864. The zero-order valence-corrected chi connectivity index (χ0v) is 10.1. The van der Waals surface area contributed by atoms with Gasteiger partial charge < -0.3 is 10.5 Å². The topological polar surface area (TPSA) is 35.2 Å². The van der Waals surface area contributed by atoms with E-state index in [4.69, 9.17) is 10.5 Å². The van der Waals surface area contributed by atoms with Gasteiger partial charge in [-0.2, -0.15) is 0 Å². The van der Waals surface area contributed by atoms with Gasteiger partial charge in [0.05, 0.1) is 11.6 Å². The van der Waals surface area contributed by atoms with Crippen LogP contribution < -0.4 is 10.5 Å². The lowest BCUT2D eigenvalue weighted by atomic mass is 10.0. The molecule has 1 aromatic rings. The molecule has 14 heavy (non-hydrogen) atoms. The molecule has 1 atom stereocenters. The molecule has 0 bridgehead atoms. The summed E-state index contributed by atoms with van der Waals surface area (Å²) in [4.78, 5) is 0.399. The highest BCUT2D eigenvalue weighted by atomic mass is 79.9. The number of hydrogen-bond acceptors (Lipinski definition) is 3. The van der Waals surface area contributed by atoms with Crippen LogP contribution in [0.4, 0.5) is 8.78 Å². The van der Waals surface area contributed by atoms with Crippen LogP contribution in [0.15, 0.2) is 10.5 Å². The van der Waals surface area contributed by atoms with Gasteiger partial charge in [0.2, 0.25) is 0 Å². The van der Waals surface area contributed by atoms with Crippen molar-refractivity contribution >= 4 is 27.3 Å². The summed E-state index contributed by atoms with van der Waals surface area (Å²) in [6, 6.07) is 1.57. The summed E-state index contributed by atoms with van der Waals surface area (Å²) < 4.78 is 30.8. The van der Waals surface area contributed by atoms with Crippen LogP contribution in [0.3, 0.4) is 0 Å². The van der Waals surface area contributed by atoms with E-state index >= 15 is 0 Å². The van der Waals surface area contributed by atoms with Crippen molar-refractivity contribution in [1.82, 2.24) is 0 Å². The average molecular weight is 286 g/mol. The molecule has 80 valence electrons. The van der Waals surface area contributed by atoms with Gasteiger partial charge in [-0.1, -0.05) is 0 Å². The molecule has 0 aliphatic carbocycles. The van der Waals surface area contributed by atoms with Gasteiger partial charge in [-0.3, -0.25) is 0 Å². The summed E-state index contributed by atoms with van der Waals surface area (Å²) in [5.74, 6) is 0. The van der Waals surface area contributed by atoms with Crippen LogP contribution in [0.25, 0.3) is 0 Å². The lowest BCUT2D eigenvalue weighted by Crippen LogP contribution is -2.39. The highest BCUT2D eigenvalue weighted by Crippen LogP contribution is 2.40. The Morgan fingerprint density at radius 3 is 2.57 bits per heavy atom. The number of hydrogen-bond donors (Lipinski definition) is 1. The fourth-order valence-corrected chi connectivity index (χ4v) is 2.57. The molecule has 2 N–H and O–H groups in total. The second-order valence-corrected chi connectivity index (χ2v) is 4.90. The molecule has 0 saturated carbocycles. The molecule has 2 nitrogen and oxygen atoms in total. The zero-order chi connectivity index (χ0) is 10.9. The fraction of sp³-hybridized carbons (Fsp3) is 0.500. The predicted octanol–water partition coefficient (Wildman–Crippen LogP) is 2.96. The third-order valence-electron chi connectivity index (χ3n) is 1.83. The molecule has 1 rings (SSSR count). The summed E-state index contributed by atoms with van der Waals surface area (Å²) >= 11 is 4.32. The Hall–Kier alpha value is -0.200. The first-order chi connectivity index (χ1) is 6.39. The van der Waals surface area contributed by atoms with E-state index in [1.54, 1.807) is 6.07 Å². The first-order valence-electron chi connectivity index (χ1n) is 3.80. The molecule has 0 spiro atoms. The second-order valence-electron chi connectivity index (χ2n) is 3.03. The first kappa shape index (κ1) is 11.9. The minimum atomic E-state index is -2.60. The van der Waals surface area contributed by atoms with Crippen LogP contribution in [-0.4, -0.2) is 13.5 Å². The van der Waals surface area contributed by atoms with Crippen molar-refractivity contribution in [2.75, 3.05) is 7.11 Å². The smallest absolute Gasteiger partial charge is 0.260 e. The molecule has 6 heteroatoms. The van der Waals surface area contributed by atoms with Crippen molar-refractivity contribution in [3.8, 4) is 5.06 Å². The van der Waals surface area contributed by atoms with Gasteiger partial charge in [0.1, 0.15) is 5.54 Å².